The summed E-state index contributed by atoms with van der Waals surface area (Å²) in [7, 11) is 0. The second-order valence-electron chi connectivity index (χ2n) is 24.3. The third-order valence-electron chi connectivity index (χ3n) is 19.5. The second-order valence-corrected chi connectivity index (χ2v) is 24.3. The zero-order valence-electron chi connectivity index (χ0n) is 49.4. The van der Waals surface area contributed by atoms with E-state index in [1.54, 1.807) is 0 Å². The number of nitrogens with zero attached hydrogens (tertiary/aromatic N) is 1. The average molecular weight is 1140 g/mol. The zero-order valence-corrected chi connectivity index (χ0v) is 49.4. The van der Waals surface area contributed by atoms with Gasteiger partial charge >= 0.3 is 0 Å². The van der Waals surface area contributed by atoms with Gasteiger partial charge in [0.25, 0.3) is 0 Å². The molecule has 0 saturated heterocycles. The first kappa shape index (κ1) is 51.6. The number of hydrogen-bond acceptors (Lipinski definition) is 0. The molecule has 0 unspecified atom stereocenters. The molecule has 1 nitrogen and oxygen atoms in total. The lowest BCUT2D eigenvalue weighted by molar-refractivity contribution is 0.768. The number of benzene rings is 16. The third kappa shape index (κ3) is 8.17. The van der Waals surface area contributed by atoms with Crippen LogP contribution in [0.5, 0.6) is 0 Å². The van der Waals surface area contributed by atoms with E-state index in [9.17, 15) is 0 Å². The van der Waals surface area contributed by atoms with Crippen LogP contribution in [0.4, 0.5) is 0 Å². The number of fused-ring (bicyclic) bond motifs is 12. The van der Waals surface area contributed by atoms with Gasteiger partial charge < -0.3 is 4.57 Å². The van der Waals surface area contributed by atoms with Crippen molar-refractivity contribution in [2.24, 2.45) is 0 Å². The van der Waals surface area contributed by atoms with Gasteiger partial charge in [-0.05, 0) is 198 Å². The summed E-state index contributed by atoms with van der Waals surface area (Å²) in [6, 6.07) is 129. The molecule has 1 aliphatic rings. The van der Waals surface area contributed by atoms with Crippen molar-refractivity contribution >= 4 is 64.9 Å². The first-order valence-electron chi connectivity index (χ1n) is 31.3. The van der Waals surface area contributed by atoms with Crippen LogP contribution in [0.2, 0.25) is 0 Å². The summed E-state index contributed by atoms with van der Waals surface area (Å²) in [5.74, 6) is 0. The summed E-state index contributed by atoms with van der Waals surface area (Å²) < 4.78 is 2.52. The minimum atomic E-state index is -0.626. The largest absolute Gasteiger partial charge is 0.309 e. The smallest absolute Gasteiger partial charge is 0.0714 e. The lowest BCUT2D eigenvalue weighted by atomic mass is 9.67. The summed E-state index contributed by atoms with van der Waals surface area (Å²) in [5.41, 5.74) is 24.8. The van der Waals surface area contributed by atoms with Crippen LogP contribution >= 0.6 is 0 Å². The molecule has 1 aliphatic carbocycles. The van der Waals surface area contributed by atoms with Gasteiger partial charge in [-0.25, -0.2) is 0 Å². The quantitative estimate of drug-likeness (QED) is 0.127. The van der Waals surface area contributed by atoms with Gasteiger partial charge in [-0.15, -0.1) is 0 Å². The van der Waals surface area contributed by atoms with Gasteiger partial charge in [0, 0.05) is 16.5 Å². The van der Waals surface area contributed by atoms with Crippen molar-refractivity contribution in [3.05, 3.63) is 368 Å². The average Bonchev–Trinajstić information content (AvgIpc) is 1.53. The molecule has 0 N–H and O–H groups in total. The normalized spacial score (nSPS) is 12.5. The molecule has 1 aromatic heterocycles. The first-order valence-corrected chi connectivity index (χ1v) is 31.3. The summed E-state index contributed by atoms with van der Waals surface area (Å²) in [6.45, 7) is 0. The summed E-state index contributed by atoms with van der Waals surface area (Å²) in [4.78, 5) is 0. The molecule has 0 fully saturated rings. The number of rotatable bonds is 9. The SMILES string of the molecule is c1ccc(-c2ccc(-c3ccc4c(c3)C(c3ccccc3)(c3ccccc3)c3cc(-n5c6ccc(-c7ccc(-c8cc9ccccc9c9ccccc89)cc7)cc6c6cc(-c7ccc(-c8cc9ccccc9c9ccccc89)cc7)ccc65)ccc3-4)cc2)cc1. The third-order valence-corrected chi connectivity index (χ3v) is 19.5. The highest BCUT2D eigenvalue weighted by Gasteiger charge is 2.46. The highest BCUT2D eigenvalue weighted by Crippen LogP contribution is 2.58. The lowest BCUT2D eigenvalue weighted by Gasteiger charge is -2.34. The van der Waals surface area contributed by atoms with E-state index in [1.165, 1.54) is 154 Å². The van der Waals surface area contributed by atoms with E-state index in [0.717, 1.165) is 16.7 Å². The molecule has 17 aromatic rings. The van der Waals surface area contributed by atoms with Crippen LogP contribution in [-0.2, 0) is 5.41 Å². The maximum absolute atomic E-state index is 2.52. The van der Waals surface area contributed by atoms with Crippen molar-refractivity contribution in [1.82, 2.24) is 4.57 Å². The summed E-state index contributed by atoms with van der Waals surface area (Å²) >= 11 is 0. The Morgan fingerprint density at radius 3 is 1.00 bits per heavy atom. The minimum Gasteiger partial charge on any atom is -0.309 e. The van der Waals surface area contributed by atoms with E-state index >= 15 is 0 Å². The van der Waals surface area contributed by atoms with Gasteiger partial charge in [-0.2, -0.15) is 0 Å². The van der Waals surface area contributed by atoms with E-state index in [1.807, 2.05) is 0 Å². The van der Waals surface area contributed by atoms with Crippen LogP contribution < -0.4 is 0 Å². The van der Waals surface area contributed by atoms with E-state index < -0.39 is 5.41 Å². The Morgan fingerprint density at radius 2 is 0.522 bits per heavy atom. The minimum absolute atomic E-state index is 0.626. The molecular weight excluding hydrogens is 1080 g/mol. The molecule has 0 saturated carbocycles. The van der Waals surface area contributed by atoms with Gasteiger partial charge in [-0.3, -0.25) is 0 Å². The molecule has 0 bridgehead atoms. The van der Waals surface area contributed by atoms with E-state index in [-0.39, 0.29) is 0 Å². The topological polar surface area (TPSA) is 4.93 Å². The Hall–Kier alpha value is -11.6. The van der Waals surface area contributed by atoms with Crippen molar-refractivity contribution < 1.29 is 0 Å². The highest BCUT2D eigenvalue weighted by atomic mass is 15.0. The van der Waals surface area contributed by atoms with Crippen LogP contribution in [-0.4, -0.2) is 4.57 Å². The van der Waals surface area contributed by atoms with Crippen LogP contribution in [0.1, 0.15) is 22.3 Å². The molecule has 0 aliphatic heterocycles. The molecule has 90 heavy (non-hydrogen) atoms. The zero-order chi connectivity index (χ0) is 59.3. The summed E-state index contributed by atoms with van der Waals surface area (Å²) in [6.07, 6.45) is 0. The monoisotopic (exact) mass is 1140 g/mol. The fourth-order valence-corrected chi connectivity index (χ4v) is 15.2. The Balaban J connectivity index is 0.803. The molecule has 0 radical (unpaired) electrons. The molecule has 0 atom stereocenters. The number of hydrogen-bond donors (Lipinski definition) is 0. The van der Waals surface area contributed by atoms with Crippen molar-refractivity contribution in [2.45, 2.75) is 5.41 Å². The van der Waals surface area contributed by atoms with Gasteiger partial charge in [-0.1, -0.05) is 291 Å². The molecule has 0 amide bonds. The van der Waals surface area contributed by atoms with Crippen molar-refractivity contribution in [2.75, 3.05) is 0 Å². The highest BCUT2D eigenvalue weighted by molar-refractivity contribution is 6.16. The van der Waals surface area contributed by atoms with E-state index in [4.69, 9.17) is 0 Å². The second kappa shape index (κ2) is 20.8. The molecule has 16 aromatic carbocycles. The van der Waals surface area contributed by atoms with Gasteiger partial charge in [0.1, 0.15) is 0 Å². The fourth-order valence-electron chi connectivity index (χ4n) is 15.2. The first-order chi connectivity index (χ1) is 44.6. The Labute approximate surface area is 523 Å². The predicted molar refractivity (Wildman–Crippen MR) is 381 cm³/mol. The molecule has 0 spiro atoms. The summed E-state index contributed by atoms with van der Waals surface area (Å²) in [5, 5.41) is 12.6. The predicted octanol–water partition coefficient (Wildman–Crippen LogP) is 23.8. The Morgan fingerprint density at radius 1 is 0.189 bits per heavy atom. The van der Waals surface area contributed by atoms with Gasteiger partial charge in [0.15, 0.2) is 0 Å². The van der Waals surface area contributed by atoms with Crippen molar-refractivity contribution in [3.8, 4) is 83.6 Å². The molecule has 1 heteroatoms. The van der Waals surface area contributed by atoms with Crippen LogP contribution in [0, 0.1) is 0 Å². The Kier molecular flexibility index (Phi) is 11.9. The number of aromatic nitrogens is 1. The molecule has 1 heterocycles. The van der Waals surface area contributed by atoms with Crippen LogP contribution in [0.25, 0.3) is 148 Å². The Bertz CT molecular complexity index is 5400. The lowest BCUT2D eigenvalue weighted by Crippen LogP contribution is -2.28. The molecule has 18 rings (SSSR count). The van der Waals surface area contributed by atoms with Gasteiger partial charge in [0.05, 0.1) is 16.4 Å². The van der Waals surface area contributed by atoms with E-state index in [0.29, 0.717) is 0 Å². The van der Waals surface area contributed by atoms with E-state index in [2.05, 4.69) is 350 Å². The standard InChI is InChI=1S/C89H57N/c1-4-18-58(19-5-1)59-32-34-62(35-33-59)67-44-48-79-80-49-47-72(57-86(80)89(85(79)56-67,70-22-6-2-7-23-70)71-24-8-3-9-25-71)90-87-50-45-65(60-36-40-63(41-37-60)81-54-68-20-10-12-26-73(68)75-28-14-16-30-77(75)81)52-83(87)84-53-66(46-51-88(84)90)61-38-42-64(43-39-61)82-55-69-21-11-13-27-74(69)76-29-15-17-31-78(76)82/h1-57H. The molecule has 418 valence electrons. The van der Waals surface area contributed by atoms with Crippen LogP contribution in [0.3, 0.4) is 0 Å². The van der Waals surface area contributed by atoms with Crippen molar-refractivity contribution in [1.29, 1.82) is 0 Å². The fraction of sp³-hybridized carbons (Fsp3) is 0.0112. The molecular formula is C89H57N. The van der Waals surface area contributed by atoms with Crippen molar-refractivity contribution in [3.63, 3.8) is 0 Å². The van der Waals surface area contributed by atoms with Gasteiger partial charge in [0.2, 0.25) is 0 Å². The van der Waals surface area contributed by atoms with Crippen LogP contribution in [0.15, 0.2) is 346 Å². The maximum Gasteiger partial charge on any atom is 0.0714 e. The maximum atomic E-state index is 2.52.